The van der Waals surface area contributed by atoms with Gasteiger partial charge in [-0.25, -0.2) is 8.42 Å². The smallest absolute Gasteiger partial charge is 0.153 e. The Morgan fingerprint density at radius 2 is 2.24 bits per heavy atom. The van der Waals surface area contributed by atoms with Gasteiger partial charge in [-0.2, -0.15) is 0 Å². The van der Waals surface area contributed by atoms with Gasteiger partial charge >= 0.3 is 0 Å². The lowest BCUT2D eigenvalue weighted by molar-refractivity contribution is 0.177. The zero-order valence-corrected chi connectivity index (χ0v) is 11.5. The highest BCUT2D eigenvalue weighted by molar-refractivity contribution is 7.91. The lowest BCUT2D eigenvalue weighted by Crippen LogP contribution is -2.47. The van der Waals surface area contributed by atoms with Crippen LogP contribution in [-0.2, 0) is 9.84 Å². The molecule has 5 heteroatoms. The van der Waals surface area contributed by atoms with E-state index >= 15 is 0 Å². The summed E-state index contributed by atoms with van der Waals surface area (Å²) in [4.78, 5) is 2.48. The van der Waals surface area contributed by atoms with Crippen LogP contribution in [0.25, 0.3) is 0 Å². The summed E-state index contributed by atoms with van der Waals surface area (Å²) in [5.74, 6) is 1.44. The summed E-state index contributed by atoms with van der Waals surface area (Å²) < 4.78 is 23.0. The van der Waals surface area contributed by atoms with Gasteiger partial charge in [0.05, 0.1) is 11.5 Å². The Labute approximate surface area is 105 Å². The molecule has 2 saturated heterocycles. The average molecular weight is 260 g/mol. The van der Waals surface area contributed by atoms with Crippen LogP contribution in [0.5, 0.6) is 0 Å². The minimum atomic E-state index is -2.78. The van der Waals surface area contributed by atoms with Crippen LogP contribution in [0.3, 0.4) is 0 Å². The zero-order valence-electron chi connectivity index (χ0n) is 10.7. The van der Waals surface area contributed by atoms with Crippen LogP contribution in [0, 0.1) is 5.92 Å². The molecule has 2 aliphatic heterocycles. The van der Waals surface area contributed by atoms with Gasteiger partial charge in [-0.05, 0) is 38.3 Å². The third-order valence-electron chi connectivity index (χ3n) is 3.84. The summed E-state index contributed by atoms with van der Waals surface area (Å²) in [5, 5.41) is 3.32. The number of sulfone groups is 1. The zero-order chi connectivity index (χ0) is 12.3. The molecule has 2 rings (SSSR count). The van der Waals surface area contributed by atoms with E-state index in [1.165, 1.54) is 25.9 Å². The Morgan fingerprint density at radius 3 is 2.94 bits per heavy atom. The summed E-state index contributed by atoms with van der Waals surface area (Å²) in [6.07, 6.45) is 3.59. The van der Waals surface area contributed by atoms with Crippen molar-refractivity contribution < 1.29 is 8.42 Å². The van der Waals surface area contributed by atoms with Crippen molar-refractivity contribution in [3.63, 3.8) is 0 Å². The molecule has 2 unspecified atom stereocenters. The highest BCUT2D eigenvalue weighted by Crippen LogP contribution is 2.16. The van der Waals surface area contributed by atoms with E-state index < -0.39 is 9.84 Å². The molecule has 4 nitrogen and oxygen atoms in total. The molecular weight excluding hydrogens is 236 g/mol. The Kier molecular flexibility index (Phi) is 4.44. The summed E-state index contributed by atoms with van der Waals surface area (Å²) in [6, 6.07) is 0.172. The Hall–Kier alpha value is -0.130. The van der Waals surface area contributed by atoms with Gasteiger partial charge in [-0.15, -0.1) is 0 Å². The maximum Gasteiger partial charge on any atom is 0.153 e. The van der Waals surface area contributed by atoms with Crippen LogP contribution in [0.2, 0.25) is 0 Å². The van der Waals surface area contributed by atoms with Crippen LogP contribution in [-0.4, -0.2) is 57.0 Å². The first kappa shape index (κ1) is 13.3. The van der Waals surface area contributed by atoms with E-state index in [0.717, 1.165) is 18.9 Å². The molecule has 0 spiro atoms. The fourth-order valence-electron chi connectivity index (χ4n) is 2.88. The van der Waals surface area contributed by atoms with E-state index in [4.69, 9.17) is 0 Å². The minimum absolute atomic E-state index is 0.172. The second-order valence-corrected chi connectivity index (χ2v) is 7.83. The van der Waals surface area contributed by atoms with Crippen molar-refractivity contribution in [2.75, 3.05) is 37.7 Å². The molecular formula is C12H24N2O2S. The number of hydrogen-bond acceptors (Lipinski definition) is 4. The van der Waals surface area contributed by atoms with Crippen LogP contribution in [0.1, 0.15) is 26.2 Å². The van der Waals surface area contributed by atoms with Crippen molar-refractivity contribution in [3.8, 4) is 0 Å². The largest absolute Gasteiger partial charge is 0.312 e. The highest BCUT2D eigenvalue weighted by atomic mass is 32.2. The molecule has 0 bridgehead atoms. The van der Waals surface area contributed by atoms with Crippen molar-refractivity contribution in [2.24, 2.45) is 5.92 Å². The van der Waals surface area contributed by atoms with Crippen LogP contribution in [0.15, 0.2) is 0 Å². The van der Waals surface area contributed by atoms with Gasteiger partial charge in [0.2, 0.25) is 0 Å². The van der Waals surface area contributed by atoms with Gasteiger partial charge in [0.15, 0.2) is 9.84 Å². The molecule has 0 saturated carbocycles. The molecule has 2 fully saturated rings. The van der Waals surface area contributed by atoms with E-state index in [0.29, 0.717) is 18.1 Å². The topological polar surface area (TPSA) is 49.4 Å². The van der Waals surface area contributed by atoms with Gasteiger partial charge in [-0.3, -0.25) is 0 Å². The van der Waals surface area contributed by atoms with Crippen molar-refractivity contribution in [1.82, 2.24) is 10.2 Å². The average Bonchev–Trinajstić information content (AvgIpc) is 2.25. The SMILES string of the molecule is CC1CCCN(CCC2CS(=O)(=O)CCN2)C1. The Morgan fingerprint density at radius 1 is 1.41 bits per heavy atom. The first-order chi connectivity index (χ1) is 8.05. The molecule has 0 aliphatic carbocycles. The van der Waals surface area contributed by atoms with E-state index in [-0.39, 0.29) is 6.04 Å². The second-order valence-electron chi connectivity index (χ2n) is 5.60. The van der Waals surface area contributed by atoms with Gasteiger partial charge in [0.1, 0.15) is 0 Å². The fourth-order valence-corrected chi connectivity index (χ4v) is 4.37. The number of hydrogen-bond donors (Lipinski definition) is 1. The third kappa shape index (κ3) is 4.23. The van der Waals surface area contributed by atoms with E-state index in [1.54, 1.807) is 0 Å². The quantitative estimate of drug-likeness (QED) is 0.802. The minimum Gasteiger partial charge on any atom is -0.312 e. The summed E-state index contributed by atoms with van der Waals surface area (Å²) in [7, 11) is -2.78. The predicted octanol–water partition coefficient (Wildman–Crippen LogP) is 0.495. The number of likely N-dealkylation sites (tertiary alicyclic amines) is 1. The normalized spacial score (nSPS) is 34.6. The Balaban J connectivity index is 1.74. The number of nitrogens with zero attached hydrogens (tertiary/aromatic N) is 1. The van der Waals surface area contributed by atoms with Crippen molar-refractivity contribution in [1.29, 1.82) is 0 Å². The first-order valence-corrected chi connectivity index (χ1v) is 8.53. The van der Waals surface area contributed by atoms with Gasteiger partial charge in [-0.1, -0.05) is 6.92 Å². The molecule has 2 atom stereocenters. The molecule has 0 aromatic heterocycles. The van der Waals surface area contributed by atoms with Crippen LogP contribution >= 0.6 is 0 Å². The summed E-state index contributed by atoms with van der Waals surface area (Å²) in [6.45, 7) is 6.33. The summed E-state index contributed by atoms with van der Waals surface area (Å²) >= 11 is 0. The molecule has 0 aromatic carbocycles. The lowest BCUT2D eigenvalue weighted by Gasteiger charge is -2.32. The monoisotopic (exact) mass is 260 g/mol. The molecule has 0 aromatic rings. The molecule has 0 radical (unpaired) electrons. The Bertz CT molecular complexity index is 342. The van der Waals surface area contributed by atoms with Gasteiger partial charge in [0, 0.05) is 19.1 Å². The number of piperidine rings is 1. The standard InChI is InChI=1S/C12H24N2O2S/c1-11-3-2-6-14(9-11)7-4-12-10-17(15,16)8-5-13-12/h11-13H,2-10H2,1H3. The predicted molar refractivity (Wildman–Crippen MR) is 69.9 cm³/mol. The third-order valence-corrected chi connectivity index (χ3v) is 5.57. The lowest BCUT2D eigenvalue weighted by atomic mass is 10.00. The van der Waals surface area contributed by atoms with E-state index in [1.807, 2.05) is 0 Å². The number of nitrogens with one attached hydrogen (secondary N) is 1. The van der Waals surface area contributed by atoms with Gasteiger partial charge < -0.3 is 10.2 Å². The molecule has 0 amide bonds. The van der Waals surface area contributed by atoms with Gasteiger partial charge in [0.25, 0.3) is 0 Å². The summed E-state index contributed by atoms with van der Waals surface area (Å²) in [5.41, 5.74) is 0. The van der Waals surface area contributed by atoms with Crippen molar-refractivity contribution in [2.45, 2.75) is 32.2 Å². The maximum absolute atomic E-state index is 11.5. The van der Waals surface area contributed by atoms with Crippen molar-refractivity contribution in [3.05, 3.63) is 0 Å². The van der Waals surface area contributed by atoms with Crippen LogP contribution in [0.4, 0.5) is 0 Å². The molecule has 17 heavy (non-hydrogen) atoms. The maximum atomic E-state index is 11.5. The number of rotatable bonds is 3. The highest BCUT2D eigenvalue weighted by Gasteiger charge is 2.25. The van der Waals surface area contributed by atoms with Crippen molar-refractivity contribution >= 4 is 9.84 Å². The molecule has 2 aliphatic rings. The van der Waals surface area contributed by atoms with Crippen LogP contribution < -0.4 is 5.32 Å². The fraction of sp³-hybridized carbons (Fsp3) is 1.00. The molecule has 100 valence electrons. The van der Waals surface area contributed by atoms with E-state index in [9.17, 15) is 8.42 Å². The first-order valence-electron chi connectivity index (χ1n) is 6.71. The molecule has 2 heterocycles. The van der Waals surface area contributed by atoms with E-state index in [2.05, 4.69) is 17.1 Å². The second kappa shape index (κ2) is 5.67. The molecule has 1 N–H and O–H groups in total.